The van der Waals surface area contributed by atoms with Crippen LogP contribution in [0, 0.1) is 29.6 Å². The predicted molar refractivity (Wildman–Crippen MR) is 335 cm³/mol. The van der Waals surface area contributed by atoms with Gasteiger partial charge in [-0.3, -0.25) is 14.4 Å². The molecular weight excluding hydrogens is 1140 g/mol. The first kappa shape index (κ1) is 72.4. The van der Waals surface area contributed by atoms with Crippen LogP contribution in [0.25, 0.3) is 5.57 Å². The Morgan fingerprint density at radius 2 is 1.61 bits per heavy atom. The summed E-state index contributed by atoms with van der Waals surface area (Å²) in [5.74, 6) is -2.65. The fourth-order valence-electron chi connectivity index (χ4n) is 14.1. The highest BCUT2D eigenvalue weighted by atomic mass is 35.5. The molecular formula is C67H107ClN4O15. The molecule has 6 rings (SSSR count). The monoisotopic (exact) mass is 1240 g/mol. The van der Waals surface area contributed by atoms with Gasteiger partial charge in [0.25, 0.3) is 0 Å². The Morgan fingerprint density at radius 3 is 2.25 bits per heavy atom. The normalized spacial score (nSPS) is 36.9. The van der Waals surface area contributed by atoms with Gasteiger partial charge in [0.15, 0.2) is 18.4 Å². The van der Waals surface area contributed by atoms with Crippen LogP contribution in [0.15, 0.2) is 48.0 Å². The Balaban J connectivity index is 1.17. The molecule has 1 aliphatic carbocycles. The van der Waals surface area contributed by atoms with Gasteiger partial charge in [0, 0.05) is 55.1 Å². The minimum atomic E-state index is -1.83. The molecule has 0 spiro atoms. The summed E-state index contributed by atoms with van der Waals surface area (Å²) in [6, 6.07) is 11.3. The van der Waals surface area contributed by atoms with Crippen molar-refractivity contribution < 1.29 is 73.1 Å². The van der Waals surface area contributed by atoms with E-state index in [4.69, 9.17) is 50.5 Å². The number of benzene rings is 2. The van der Waals surface area contributed by atoms with Crippen LogP contribution in [0.2, 0.25) is 5.02 Å². The Bertz CT molecular complexity index is 2590. The number of nitrogens with one attached hydrogen (secondary N) is 2. The molecule has 0 bridgehead atoms. The van der Waals surface area contributed by atoms with Crippen LogP contribution in [0.4, 0.5) is 0 Å². The van der Waals surface area contributed by atoms with E-state index < -0.39 is 95.3 Å². The molecule has 0 radical (unpaired) electrons. The highest BCUT2D eigenvalue weighted by Crippen LogP contribution is 2.44. The van der Waals surface area contributed by atoms with E-state index >= 15 is 0 Å². The van der Waals surface area contributed by atoms with E-state index in [2.05, 4.69) is 17.6 Å². The van der Waals surface area contributed by atoms with E-state index in [-0.39, 0.29) is 74.5 Å². The molecule has 87 heavy (non-hydrogen) atoms. The summed E-state index contributed by atoms with van der Waals surface area (Å²) in [5.41, 5.74) is 5.19. The van der Waals surface area contributed by atoms with Gasteiger partial charge in [-0.2, -0.15) is 0 Å². The van der Waals surface area contributed by atoms with Gasteiger partial charge in [-0.05, 0) is 185 Å². The van der Waals surface area contributed by atoms with Gasteiger partial charge >= 0.3 is 5.97 Å². The number of nitrogens with two attached hydrogens (primary N) is 1. The predicted octanol–water partition coefficient (Wildman–Crippen LogP) is 7.54. The lowest BCUT2D eigenvalue weighted by Gasteiger charge is -2.53. The van der Waals surface area contributed by atoms with Crippen molar-refractivity contribution in [3.05, 3.63) is 69.8 Å². The number of halogens is 1. The number of fused-ring (bicyclic) bond motifs is 1. The number of aliphatic hydroxyl groups excluding tert-OH is 2. The number of methoxy groups -OCH3 is 2. The molecule has 19 nitrogen and oxygen atoms in total. The summed E-state index contributed by atoms with van der Waals surface area (Å²) < 4.78 is 44.8. The topological polar surface area (TPSA) is 270 Å². The van der Waals surface area contributed by atoms with Gasteiger partial charge < -0.3 is 80.0 Å². The molecule has 4 aliphatic rings. The van der Waals surface area contributed by atoms with Crippen LogP contribution in [0.3, 0.4) is 0 Å². The summed E-state index contributed by atoms with van der Waals surface area (Å²) in [5, 5.41) is 67.0. The third kappa shape index (κ3) is 17.5. The number of carbonyl (C=O) groups excluding carboxylic acids is 3. The summed E-state index contributed by atoms with van der Waals surface area (Å²) in [6.45, 7) is 18.5. The van der Waals surface area contributed by atoms with E-state index in [1.54, 1.807) is 66.0 Å². The second kappa shape index (κ2) is 31.6. The average molecular weight is 1240 g/mol. The second-order valence-corrected chi connectivity index (χ2v) is 27.1. The average Bonchev–Trinajstić information content (AvgIpc) is 1.87. The molecule has 3 aliphatic heterocycles. The van der Waals surface area contributed by atoms with Crippen LogP contribution in [0.5, 0.6) is 5.75 Å². The minimum absolute atomic E-state index is 0.0178. The fraction of sp³-hybridized carbons (Fsp3) is 0.746. The number of amides is 1. The van der Waals surface area contributed by atoms with Crippen molar-refractivity contribution in [2.75, 3.05) is 54.6 Å². The number of ketones is 1. The molecule has 2 aromatic rings. The SMILES string of the molecule is CC[C@H]1OC(=O)[C@H](C)[C@@H](O[C@H]2C[C@@](C)(OC)[C@@](O)(CNCCCCNC(=O)CC3=C(C)C(C(=O)c4ccc(Cl)cc4)CCc4ccc(OC)cc43)[C@H](C)O2)[C@H](N)[C@@H](O[C@@H]2O[C@H](C)C[C@H](N(C)C)C2CO)[C@](C)(O)CCCCC(C)C[C@H](C)[C@@H](O)[C@]1(C)O. The van der Waals surface area contributed by atoms with Crippen molar-refractivity contribution >= 4 is 34.8 Å². The molecule has 20 heteroatoms. The first-order valence-corrected chi connectivity index (χ1v) is 32.2. The van der Waals surface area contributed by atoms with Gasteiger partial charge in [0.2, 0.25) is 5.91 Å². The zero-order valence-corrected chi connectivity index (χ0v) is 55.2. The van der Waals surface area contributed by atoms with Gasteiger partial charge in [0.1, 0.15) is 34.8 Å². The first-order valence-electron chi connectivity index (χ1n) is 31.9. The van der Waals surface area contributed by atoms with E-state index in [0.717, 1.165) is 35.1 Å². The van der Waals surface area contributed by atoms with E-state index in [1.807, 2.05) is 58.0 Å². The zero-order valence-electron chi connectivity index (χ0n) is 54.4. The van der Waals surface area contributed by atoms with E-state index in [1.165, 1.54) is 14.0 Å². The number of Topliss-reactive ketones (excluding diaryl/α,β-unsaturated/α-hetero) is 1. The lowest BCUT2D eigenvalue weighted by atomic mass is 9.75. The smallest absolute Gasteiger partial charge is 0.311 e. The lowest BCUT2D eigenvalue weighted by molar-refractivity contribution is -0.331. The standard InChI is InChI=1S/C67H107ClN4O15/c1-15-54-66(10,79)60(76)40(3)32-39(2)20-16-17-29-64(8,78)61(87-63-52(37-73)53(72(11)12)33-41(4)83-63)57(69)59(43(6)62(77)85-54)86-56-36-65(9,82-14)67(80,44(7)84-56)38-70-30-18-19-31-71-55(74)35-50-42(5)49(58(75)46-21-25-47(68)26-22-46)28-24-45-23-27-48(81-13)34-51(45)50/h21-23,25-27,34,39-41,43-44,49,52-54,56-57,59-61,63,70,73,76,78-80H,15-20,24,28-33,35-38,69H2,1-14H3,(H,71,74)/t39?,40-,41+,43+,44-,49?,52?,53-,54+,56-,57-,59+,60+,61+,63-,64+,65+,66+,67+/m0/s1. The molecule has 3 unspecified atom stereocenters. The van der Waals surface area contributed by atoms with Crippen molar-refractivity contribution in [3.8, 4) is 5.75 Å². The molecule has 19 atom stereocenters. The summed E-state index contributed by atoms with van der Waals surface area (Å²) >= 11 is 6.15. The Hall–Kier alpha value is -3.64. The summed E-state index contributed by atoms with van der Waals surface area (Å²) in [4.78, 5) is 44.5. The maximum absolute atomic E-state index is 14.7. The Kier molecular flexibility index (Phi) is 26.3. The van der Waals surface area contributed by atoms with Gasteiger partial charge in [-0.1, -0.05) is 63.3 Å². The third-order valence-corrected chi connectivity index (χ3v) is 20.1. The number of aryl methyl sites for hydroxylation is 1. The molecule has 3 saturated heterocycles. The molecule has 1 amide bonds. The van der Waals surface area contributed by atoms with Crippen LogP contribution in [-0.4, -0.2) is 186 Å². The molecule has 3 fully saturated rings. The maximum atomic E-state index is 14.7. The van der Waals surface area contributed by atoms with Crippen molar-refractivity contribution in [2.24, 2.45) is 35.3 Å². The number of hydrogen-bond donors (Lipinski definition) is 8. The molecule has 492 valence electrons. The largest absolute Gasteiger partial charge is 0.497 e. The molecule has 3 heterocycles. The number of aliphatic hydroxyl groups is 5. The maximum Gasteiger partial charge on any atom is 0.311 e. The minimum Gasteiger partial charge on any atom is -0.497 e. The number of ether oxygens (including phenoxy) is 7. The van der Waals surface area contributed by atoms with Crippen molar-refractivity contribution in [3.63, 3.8) is 0 Å². The molecule has 0 saturated carbocycles. The van der Waals surface area contributed by atoms with Crippen molar-refractivity contribution in [2.45, 2.75) is 236 Å². The van der Waals surface area contributed by atoms with Gasteiger partial charge in [-0.25, -0.2) is 0 Å². The van der Waals surface area contributed by atoms with Gasteiger partial charge in [0.05, 0.1) is 62.1 Å². The van der Waals surface area contributed by atoms with Crippen LogP contribution in [-0.2, 0) is 44.4 Å². The molecule has 0 aromatic heterocycles. The van der Waals surface area contributed by atoms with Crippen LogP contribution < -0.4 is 21.1 Å². The van der Waals surface area contributed by atoms with Crippen LogP contribution >= 0.6 is 11.6 Å². The van der Waals surface area contributed by atoms with Crippen molar-refractivity contribution in [1.82, 2.24) is 15.5 Å². The number of esters is 1. The highest BCUT2D eigenvalue weighted by molar-refractivity contribution is 6.30. The van der Waals surface area contributed by atoms with E-state index in [9.17, 15) is 39.9 Å². The molecule has 9 N–H and O–H groups in total. The van der Waals surface area contributed by atoms with Crippen molar-refractivity contribution in [1.29, 1.82) is 0 Å². The number of nitrogens with zero attached hydrogens (tertiary/aromatic N) is 1. The fourth-order valence-corrected chi connectivity index (χ4v) is 14.2. The zero-order chi connectivity index (χ0) is 64.3. The highest BCUT2D eigenvalue weighted by Gasteiger charge is 2.58. The molecule has 2 aromatic carbocycles. The number of unbranched alkanes of at least 4 members (excludes halogenated alkanes) is 1. The third-order valence-electron chi connectivity index (χ3n) is 19.9. The quantitative estimate of drug-likeness (QED) is 0.0361. The van der Waals surface area contributed by atoms with Crippen LogP contribution in [0.1, 0.15) is 168 Å². The summed E-state index contributed by atoms with van der Waals surface area (Å²) in [6.07, 6.45) is -2.00. The first-order chi connectivity index (χ1) is 41.0. The number of rotatable bonds is 20. The number of allylic oxidation sites excluding steroid dienone is 1. The van der Waals surface area contributed by atoms with Gasteiger partial charge in [-0.15, -0.1) is 0 Å². The number of cyclic esters (lactones) is 1. The Labute approximate surface area is 523 Å². The summed E-state index contributed by atoms with van der Waals surface area (Å²) in [7, 11) is 6.97. The number of hydrogen-bond acceptors (Lipinski definition) is 18. The Morgan fingerprint density at radius 1 is 0.920 bits per heavy atom. The second-order valence-electron chi connectivity index (χ2n) is 26.7. The van der Waals surface area contributed by atoms with E-state index in [0.29, 0.717) is 74.4 Å². The number of carbonyl (C=O) groups is 3. The lowest BCUT2D eigenvalue weighted by Crippen LogP contribution is -2.70.